The molecule has 0 atom stereocenters. The molecule has 1 amide bonds. The molecule has 0 aromatic carbocycles. The fourth-order valence-corrected chi connectivity index (χ4v) is 0.814. The zero-order chi connectivity index (χ0) is 9.52. The van der Waals surface area contributed by atoms with Crippen LogP contribution in [0.1, 0.15) is 5.69 Å². The van der Waals surface area contributed by atoms with Gasteiger partial charge in [-0.3, -0.25) is 14.8 Å². The van der Waals surface area contributed by atoms with E-state index < -0.39 is 5.91 Å². The summed E-state index contributed by atoms with van der Waals surface area (Å²) in [4.78, 5) is 18.5. The molecule has 1 aromatic rings. The topological polar surface area (TPSA) is 54.9 Å². The van der Waals surface area contributed by atoms with Crippen molar-refractivity contribution in [2.45, 2.75) is 6.42 Å². The van der Waals surface area contributed by atoms with Crippen LogP contribution in [0.2, 0.25) is 0 Å². The number of nitrogens with one attached hydrogen (secondary N) is 1. The predicted octanol–water partition coefficient (Wildman–Crippen LogP) is -0.232. The molecule has 1 heterocycles. The van der Waals surface area contributed by atoms with Crippen molar-refractivity contribution in [3.8, 4) is 12.3 Å². The van der Waals surface area contributed by atoms with Gasteiger partial charge in [-0.1, -0.05) is 0 Å². The number of hydrogen-bond donors (Lipinski definition) is 1. The lowest BCUT2D eigenvalue weighted by molar-refractivity contribution is -0.115. The monoisotopic (exact) mass is 175 g/mol. The molecule has 1 aromatic heterocycles. The average molecular weight is 175 g/mol. The van der Waals surface area contributed by atoms with Crippen molar-refractivity contribution >= 4 is 5.91 Å². The standard InChI is InChI=1S/C9H9N3O/c1-2-9(13)12-4-3-8-7-10-5-6-11-8/h1,5-7H,3-4H2,(H,12,13). The summed E-state index contributed by atoms with van der Waals surface area (Å²) in [5.74, 6) is 1.57. The molecule has 0 aliphatic heterocycles. The van der Waals surface area contributed by atoms with Gasteiger partial charge in [0.15, 0.2) is 0 Å². The molecule has 0 fully saturated rings. The van der Waals surface area contributed by atoms with E-state index in [2.05, 4.69) is 15.3 Å². The lowest BCUT2D eigenvalue weighted by Crippen LogP contribution is -2.24. The molecule has 0 spiro atoms. The van der Waals surface area contributed by atoms with Crippen molar-refractivity contribution in [1.29, 1.82) is 0 Å². The second-order valence-corrected chi connectivity index (χ2v) is 2.35. The van der Waals surface area contributed by atoms with Crippen LogP contribution < -0.4 is 5.32 Å². The third kappa shape index (κ3) is 3.34. The van der Waals surface area contributed by atoms with Gasteiger partial charge in [-0.15, -0.1) is 6.42 Å². The fourth-order valence-electron chi connectivity index (χ4n) is 0.814. The van der Waals surface area contributed by atoms with Crippen LogP contribution in [0.5, 0.6) is 0 Å². The summed E-state index contributed by atoms with van der Waals surface area (Å²) in [6.45, 7) is 0.488. The second-order valence-electron chi connectivity index (χ2n) is 2.35. The number of carbonyl (C=O) groups excluding carboxylic acids is 1. The molecule has 13 heavy (non-hydrogen) atoms. The van der Waals surface area contributed by atoms with Crippen LogP contribution in [0.4, 0.5) is 0 Å². The predicted molar refractivity (Wildman–Crippen MR) is 47.6 cm³/mol. The van der Waals surface area contributed by atoms with Gasteiger partial charge in [0.1, 0.15) is 0 Å². The van der Waals surface area contributed by atoms with Gasteiger partial charge in [0, 0.05) is 31.6 Å². The minimum Gasteiger partial charge on any atom is -0.345 e. The van der Waals surface area contributed by atoms with Crippen molar-refractivity contribution in [3.05, 3.63) is 24.3 Å². The van der Waals surface area contributed by atoms with E-state index in [4.69, 9.17) is 6.42 Å². The number of carbonyl (C=O) groups is 1. The average Bonchev–Trinajstić information content (AvgIpc) is 2.19. The van der Waals surface area contributed by atoms with Crippen LogP contribution in [-0.2, 0) is 11.2 Å². The summed E-state index contributed by atoms with van der Waals surface area (Å²) in [5, 5.41) is 2.54. The van der Waals surface area contributed by atoms with Crippen molar-refractivity contribution in [2.75, 3.05) is 6.54 Å². The van der Waals surface area contributed by atoms with Crippen LogP contribution in [0.15, 0.2) is 18.6 Å². The van der Waals surface area contributed by atoms with Crippen molar-refractivity contribution in [2.24, 2.45) is 0 Å². The van der Waals surface area contributed by atoms with Gasteiger partial charge in [-0.25, -0.2) is 0 Å². The normalized spacial score (nSPS) is 8.85. The van der Waals surface area contributed by atoms with Crippen LogP contribution in [-0.4, -0.2) is 22.4 Å². The molecule has 0 saturated carbocycles. The Morgan fingerprint density at radius 3 is 3.08 bits per heavy atom. The molecule has 4 nitrogen and oxygen atoms in total. The first kappa shape index (κ1) is 9.20. The number of nitrogens with zero attached hydrogens (tertiary/aromatic N) is 2. The maximum atomic E-state index is 10.6. The molecular weight excluding hydrogens is 166 g/mol. The summed E-state index contributed by atoms with van der Waals surface area (Å²) in [6, 6.07) is 0. The maximum absolute atomic E-state index is 10.6. The Balaban J connectivity index is 2.29. The largest absolute Gasteiger partial charge is 0.345 e. The third-order valence-electron chi connectivity index (χ3n) is 1.41. The van der Waals surface area contributed by atoms with E-state index in [1.165, 1.54) is 0 Å². The van der Waals surface area contributed by atoms with E-state index in [1.54, 1.807) is 18.6 Å². The molecule has 0 radical (unpaired) electrons. The zero-order valence-corrected chi connectivity index (χ0v) is 7.03. The molecule has 0 bridgehead atoms. The van der Waals surface area contributed by atoms with Crippen LogP contribution in [0, 0.1) is 12.3 Å². The lowest BCUT2D eigenvalue weighted by atomic mass is 10.3. The maximum Gasteiger partial charge on any atom is 0.295 e. The van der Waals surface area contributed by atoms with E-state index in [0.717, 1.165) is 5.69 Å². The van der Waals surface area contributed by atoms with Gasteiger partial charge in [-0.2, -0.15) is 0 Å². The van der Waals surface area contributed by atoms with Crippen LogP contribution in [0.3, 0.4) is 0 Å². The van der Waals surface area contributed by atoms with Gasteiger partial charge < -0.3 is 5.32 Å². The Morgan fingerprint density at radius 1 is 1.62 bits per heavy atom. The Labute approximate surface area is 76.4 Å². The molecule has 0 unspecified atom stereocenters. The lowest BCUT2D eigenvalue weighted by Gasteiger charge is -1.99. The Kier molecular flexibility index (Phi) is 3.45. The summed E-state index contributed by atoms with van der Waals surface area (Å²) < 4.78 is 0. The summed E-state index contributed by atoms with van der Waals surface area (Å²) in [7, 11) is 0. The van der Waals surface area contributed by atoms with Crippen molar-refractivity contribution in [3.63, 3.8) is 0 Å². The van der Waals surface area contributed by atoms with Gasteiger partial charge in [-0.05, 0) is 5.92 Å². The summed E-state index contributed by atoms with van der Waals surface area (Å²) in [6.07, 6.45) is 10.4. The van der Waals surface area contributed by atoms with E-state index in [9.17, 15) is 4.79 Å². The summed E-state index contributed by atoms with van der Waals surface area (Å²) >= 11 is 0. The molecule has 1 N–H and O–H groups in total. The van der Waals surface area contributed by atoms with E-state index in [1.807, 2.05) is 5.92 Å². The Hall–Kier alpha value is -1.89. The molecule has 0 aliphatic rings. The minimum atomic E-state index is -0.399. The van der Waals surface area contributed by atoms with Gasteiger partial charge >= 0.3 is 0 Å². The highest BCUT2D eigenvalue weighted by atomic mass is 16.1. The zero-order valence-electron chi connectivity index (χ0n) is 7.03. The highest BCUT2D eigenvalue weighted by Gasteiger charge is 1.95. The smallest absolute Gasteiger partial charge is 0.295 e. The van der Waals surface area contributed by atoms with Gasteiger partial charge in [0.05, 0.1) is 5.69 Å². The van der Waals surface area contributed by atoms with E-state index in [-0.39, 0.29) is 0 Å². The first-order valence-corrected chi connectivity index (χ1v) is 3.82. The molecule has 4 heteroatoms. The van der Waals surface area contributed by atoms with E-state index >= 15 is 0 Å². The van der Waals surface area contributed by atoms with Crippen molar-refractivity contribution in [1.82, 2.24) is 15.3 Å². The van der Waals surface area contributed by atoms with Crippen LogP contribution in [0.25, 0.3) is 0 Å². The first-order chi connectivity index (χ1) is 6.33. The van der Waals surface area contributed by atoms with Crippen molar-refractivity contribution < 1.29 is 4.79 Å². The number of aromatic nitrogens is 2. The third-order valence-corrected chi connectivity index (χ3v) is 1.41. The molecule has 0 aliphatic carbocycles. The van der Waals surface area contributed by atoms with Gasteiger partial charge in [0.25, 0.3) is 5.91 Å². The molecular formula is C9H9N3O. The number of terminal acetylenes is 1. The highest BCUT2D eigenvalue weighted by molar-refractivity contribution is 5.92. The Morgan fingerprint density at radius 2 is 2.46 bits per heavy atom. The van der Waals surface area contributed by atoms with E-state index in [0.29, 0.717) is 13.0 Å². The SMILES string of the molecule is C#CC(=O)NCCc1cnccn1. The summed E-state index contributed by atoms with van der Waals surface area (Å²) in [5.41, 5.74) is 0.833. The molecule has 66 valence electrons. The highest BCUT2D eigenvalue weighted by Crippen LogP contribution is 1.89. The minimum absolute atomic E-state index is 0.399. The van der Waals surface area contributed by atoms with Crippen LogP contribution >= 0.6 is 0 Å². The first-order valence-electron chi connectivity index (χ1n) is 3.82. The number of amides is 1. The molecule has 1 rings (SSSR count). The second kappa shape index (κ2) is 4.88. The fraction of sp³-hybridized carbons (Fsp3) is 0.222. The van der Waals surface area contributed by atoms with Gasteiger partial charge in [0.2, 0.25) is 0 Å². The number of hydrogen-bond acceptors (Lipinski definition) is 3. The molecule has 0 saturated heterocycles. The quantitative estimate of drug-likeness (QED) is 0.645. The Bertz CT molecular complexity index is 315. The number of rotatable bonds is 3.